The average molecular weight is 154 g/mol. The van der Waals surface area contributed by atoms with Crippen LogP contribution in [-0.2, 0) is 4.79 Å². The molecule has 0 unspecified atom stereocenters. The molecule has 0 atom stereocenters. The maximum atomic E-state index is 11.2. The first-order valence-corrected chi connectivity index (χ1v) is 3.97. The Hall–Kier alpha value is -0.830. The third-order valence-electron chi connectivity index (χ3n) is 1.74. The predicted molar refractivity (Wildman–Crippen MR) is 44.3 cm³/mol. The van der Waals surface area contributed by atoms with Crippen molar-refractivity contribution in [2.24, 2.45) is 0 Å². The highest BCUT2D eigenvalue weighted by atomic mass is 16.2. The molecule has 0 aromatic rings. The minimum atomic E-state index is 0.133. The summed E-state index contributed by atoms with van der Waals surface area (Å²) in [5.41, 5.74) is 0. The highest BCUT2D eigenvalue weighted by Gasteiger charge is 2.12. The monoisotopic (exact) mass is 154 g/mol. The summed E-state index contributed by atoms with van der Waals surface area (Å²) in [5, 5.41) is 3.19. The van der Waals surface area contributed by atoms with E-state index >= 15 is 0 Å². The fourth-order valence-corrected chi connectivity index (χ4v) is 1.13. The average Bonchev–Trinajstić information content (AvgIpc) is 2.07. The third-order valence-corrected chi connectivity index (χ3v) is 1.74. The summed E-state index contributed by atoms with van der Waals surface area (Å²) in [7, 11) is 0. The topological polar surface area (TPSA) is 32.3 Å². The molecule has 1 N–H and O–H groups in total. The molecule has 0 saturated carbocycles. The van der Waals surface area contributed by atoms with Crippen LogP contribution >= 0.6 is 0 Å². The van der Waals surface area contributed by atoms with Crippen LogP contribution in [0.1, 0.15) is 6.92 Å². The lowest BCUT2D eigenvalue weighted by molar-refractivity contribution is -0.126. The summed E-state index contributed by atoms with van der Waals surface area (Å²) in [6.45, 7) is 5.37. The zero-order valence-corrected chi connectivity index (χ0v) is 6.84. The second kappa shape index (κ2) is 4.13. The van der Waals surface area contributed by atoms with Gasteiger partial charge in [-0.1, -0.05) is 6.08 Å². The number of nitrogens with zero attached hydrogens (tertiary/aromatic N) is 1. The highest BCUT2D eigenvalue weighted by molar-refractivity contribution is 5.87. The van der Waals surface area contributed by atoms with E-state index in [0.29, 0.717) is 0 Å². The van der Waals surface area contributed by atoms with Crippen LogP contribution in [0, 0.1) is 0 Å². The number of carbonyl (C=O) groups excluding carboxylic acids is 1. The summed E-state index contributed by atoms with van der Waals surface area (Å²) in [4.78, 5) is 13.1. The molecule has 1 amide bonds. The van der Waals surface area contributed by atoms with Crippen molar-refractivity contribution in [2.45, 2.75) is 6.92 Å². The molecule has 0 aromatic heterocycles. The molecule has 1 fully saturated rings. The zero-order chi connectivity index (χ0) is 8.10. The van der Waals surface area contributed by atoms with E-state index < -0.39 is 0 Å². The number of carbonyl (C=O) groups is 1. The lowest BCUT2D eigenvalue weighted by Crippen LogP contribution is -2.45. The van der Waals surface area contributed by atoms with Crippen LogP contribution in [0.2, 0.25) is 0 Å². The lowest BCUT2D eigenvalue weighted by Gasteiger charge is -2.26. The third kappa shape index (κ3) is 2.35. The molecule has 3 nitrogen and oxygen atoms in total. The van der Waals surface area contributed by atoms with Crippen LogP contribution in [-0.4, -0.2) is 37.0 Å². The Morgan fingerprint density at radius 2 is 2.09 bits per heavy atom. The van der Waals surface area contributed by atoms with Crippen molar-refractivity contribution in [2.75, 3.05) is 26.2 Å². The maximum Gasteiger partial charge on any atom is 0.246 e. The second-order valence-corrected chi connectivity index (χ2v) is 2.58. The fraction of sp³-hybridized carbons (Fsp3) is 0.625. The van der Waals surface area contributed by atoms with Crippen LogP contribution in [0.4, 0.5) is 0 Å². The number of rotatable bonds is 1. The van der Waals surface area contributed by atoms with Crippen LogP contribution in [0.3, 0.4) is 0 Å². The van der Waals surface area contributed by atoms with Crippen LogP contribution in [0.25, 0.3) is 0 Å². The smallest absolute Gasteiger partial charge is 0.246 e. The van der Waals surface area contributed by atoms with Crippen LogP contribution in [0.15, 0.2) is 12.2 Å². The Morgan fingerprint density at radius 3 is 2.64 bits per heavy atom. The van der Waals surface area contributed by atoms with Crippen LogP contribution < -0.4 is 5.32 Å². The molecule has 0 aromatic carbocycles. The number of nitrogens with one attached hydrogen (secondary N) is 1. The molecule has 1 rings (SSSR count). The van der Waals surface area contributed by atoms with Gasteiger partial charge in [0.25, 0.3) is 0 Å². The molecule has 0 bridgehead atoms. The fourth-order valence-electron chi connectivity index (χ4n) is 1.13. The SMILES string of the molecule is C/C=C\C(=O)N1CCNCC1. The van der Waals surface area contributed by atoms with E-state index in [2.05, 4.69) is 5.32 Å². The van der Waals surface area contributed by atoms with Gasteiger partial charge in [0.05, 0.1) is 0 Å². The van der Waals surface area contributed by atoms with E-state index in [-0.39, 0.29) is 5.91 Å². The Labute approximate surface area is 67.1 Å². The Kier molecular flexibility index (Phi) is 3.11. The quantitative estimate of drug-likeness (QED) is 0.539. The Bertz CT molecular complexity index is 159. The van der Waals surface area contributed by atoms with E-state index in [1.54, 1.807) is 12.2 Å². The molecular formula is C8H14N2O. The van der Waals surface area contributed by atoms with Gasteiger partial charge in [0.15, 0.2) is 0 Å². The summed E-state index contributed by atoms with van der Waals surface area (Å²) < 4.78 is 0. The first kappa shape index (κ1) is 8.27. The van der Waals surface area contributed by atoms with Crippen molar-refractivity contribution in [3.63, 3.8) is 0 Å². The molecule has 1 aliphatic rings. The normalized spacial score (nSPS) is 19.2. The van der Waals surface area contributed by atoms with Gasteiger partial charge in [0.1, 0.15) is 0 Å². The molecule has 1 heterocycles. The van der Waals surface area contributed by atoms with Gasteiger partial charge in [0, 0.05) is 26.2 Å². The maximum absolute atomic E-state index is 11.2. The molecule has 62 valence electrons. The minimum absolute atomic E-state index is 0.133. The van der Waals surface area contributed by atoms with Gasteiger partial charge < -0.3 is 10.2 Å². The van der Waals surface area contributed by atoms with Crippen molar-refractivity contribution in [3.8, 4) is 0 Å². The molecule has 11 heavy (non-hydrogen) atoms. The minimum Gasteiger partial charge on any atom is -0.337 e. The van der Waals surface area contributed by atoms with E-state index in [4.69, 9.17) is 0 Å². The molecule has 0 spiro atoms. The molecular weight excluding hydrogens is 140 g/mol. The predicted octanol–water partition coefficient (Wildman–Crippen LogP) is -0.00570. The van der Waals surface area contributed by atoms with Gasteiger partial charge >= 0.3 is 0 Å². The summed E-state index contributed by atoms with van der Waals surface area (Å²) in [6, 6.07) is 0. The summed E-state index contributed by atoms with van der Waals surface area (Å²) in [6.07, 6.45) is 3.40. The molecule has 1 saturated heterocycles. The van der Waals surface area contributed by atoms with E-state index in [1.165, 1.54) is 0 Å². The van der Waals surface area contributed by atoms with Gasteiger partial charge in [-0.25, -0.2) is 0 Å². The van der Waals surface area contributed by atoms with Crippen molar-refractivity contribution >= 4 is 5.91 Å². The van der Waals surface area contributed by atoms with E-state index in [1.807, 2.05) is 11.8 Å². The number of piperazine rings is 1. The van der Waals surface area contributed by atoms with Crippen molar-refractivity contribution in [3.05, 3.63) is 12.2 Å². The first-order chi connectivity index (χ1) is 5.34. The van der Waals surface area contributed by atoms with Gasteiger partial charge in [-0.05, 0) is 13.0 Å². The highest BCUT2D eigenvalue weighted by Crippen LogP contribution is 1.93. The largest absolute Gasteiger partial charge is 0.337 e. The van der Waals surface area contributed by atoms with Gasteiger partial charge in [-0.15, -0.1) is 0 Å². The van der Waals surface area contributed by atoms with E-state index in [9.17, 15) is 4.79 Å². The lowest BCUT2D eigenvalue weighted by atomic mass is 10.3. The Balaban J connectivity index is 2.38. The number of amides is 1. The zero-order valence-electron chi connectivity index (χ0n) is 6.84. The summed E-state index contributed by atoms with van der Waals surface area (Å²) in [5.74, 6) is 0.133. The summed E-state index contributed by atoms with van der Waals surface area (Å²) >= 11 is 0. The van der Waals surface area contributed by atoms with Crippen molar-refractivity contribution < 1.29 is 4.79 Å². The molecule has 0 radical (unpaired) electrons. The van der Waals surface area contributed by atoms with Gasteiger partial charge in [-0.2, -0.15) is 0 Å². The molecule has 3 heteroatoms. The van der Waals surface area contributed by atoms with Gasteiger partial charge in [-0.3, -0.25) is 4.79 Å². The standard InChI is InChI=1S/C8H14N2O/c1-2-3-8(11)10-6-4-9-5-7-10/h2-3,9H,4-7H2,1H3/b3-2-. The molecule has 0 aliphatic carbocycles. The van der Waals surface area contributed by atoms with Crippen molar-refractivity contribution in [1.29, 1.82) is 0 Å². The van der Waals surface area contributed by atoms with E-state index in [0.717, 1.165) is 26.2 Å². The van der Waals surface area contributed by atoms with Crippen molar-refractivity contribution in [1.82, 2.24) is 10.2 Å². The molecule has 1 aliphatic heterocycles. The Morgan fingerprint density at radius 1 is 1.45 bits per heavy atom. The number of hydrogen-bond donors (Lipinski definition) is 1. The number of hydrogen-bond acceptors (Lipinski definition) is 2. The second-order valence-electron chi connectivity index (χ2n) is 2.58. The van der Waals surface area contributed by atoms with Crippen LogP contribution in [0.5, 0.6) is 0 Å². The first-order valence-electron chi connectivity index (χ1n) is 3.97. The number of allylic oxidation sites excluding steroid dienone is 1. The van der Waals surface area contributed by atoms with Gasteiger partial charge in [0.2, 0.25) is 5.91 Å².